The molecule has 2 aliphatic heterocycles. The van der Waals surface area contributed by atoms with Crippen LogP contribution in [0.1, 0.15) is 109 Å². The Labute approximate surface area is 185 Å². The zero-order valence-electron chi connectivity index (χ0n) is 21.0. The summed E-state index contributed by atoms with van der Waals surface area (Å²) in [7, 11) is 0. The van der Waals surface area contributed by atoms with Gasteiger partial charge in [-0.2, -0.15) is 41.5 Å². The molecule has 2 rings (SSSR count). The molecule has 2 fully saturated rings. The maximum atomic E-state index is 4.08. The van der Waals surface area contributed by atoms with Crippen molar-refractivity contribution < 1.29 is 26.8 Å². The summed E-state index contributed by atoms with van der Waals surface area (Å²) in [5.74, 6) is 5.67. The summed E-state index contributed by atoms with van der Waals surface area (Å²) in [6.07, 6.45) is 5.33. The number of rotatable bonds is 0. The van der Waals surface area contributed by atoms with Gasteiger partial charge in [0.15, 0.2) is 0 Å². The van der Waals surface area contributed by atoms with Crippen LogP contribution in [0.2, 0.25) is 0 Å². The van der Waals surface area contributed by atoms with Crippen LogP contribution in [-0.4, -0.2) is 35.9 Å². The van der Waals surface area contributed by atoms with Gasteiger partial charge in [-0.25, -0.2) is 0 Å². The molecule has 0 aromatic carbocycles. The minimum Gasteiger partial charge on any atom is -0.434 e. The van der Waals surface area contributed by atoms with Crippen molar-refractivity contribution >= 4 is 0 Å². The van der Waals surface area contributed by atoms with E-state index in [0.29, 0.717) is 0 Å². The van der Waals surface area contributed by atoms with Gasteiger partial charge in [-0.05, 0) is 0 Å². The predicted octanol–water partition coefficient (Wildman–Crippen LogP) is 7.10. The van der Waals surface area contributed by atoms with Crippen molar-refractivity contribution in [2.75, 3.05) is 26.4 Å². The third-order valence-corrected chi connectivity index (χ3v) is 1.76. The third kappa shape index (κ3) is 148. The normalized spacial score (nSPS) is 13.6. The molecule has 2 N–H and O–H groups in total. The summed E-state index contributed by atoms with van der Waals surface area (Å²) in [4.78, 5) is 0. The molecule has 2 saturated heterocycles. The molecule has 2 heterocycles. The average molecular weight is 427 g/mol. The zero-order valence-corrected chi connectivity index (χ0v) is 22.2. The van der Waals surface area contributed by atoms with E-state index in [2.05, 4.69) is 92.6 Å². The molecule has 27 heavy (non-hydrogen) atoms. The molecule has 0 atom stereocenters. The monoisotopic (exact) mass is 426 g/mol. The SMILES string of the molecule is C1CC[OH+]C1.C1CC[OH+]C1.C[C+](C)C.C[C+](C)C.C[C-](C)C.C[C-](C)C.[Cr]. The zero-order chi connectivity index (χ0) is 21.4. The van der Waals surface area contributed by atoms with Gasteiger partial charge in [-0.1, -0.05) is 0 Å². The van der Waals surface area contributed by atoms with Crippen LogP contribution in [0.25, 0.3) is 0 Å². The van der Waals surface area contributed by atoms with E-state index in [0.717, 1.165) is 26.4 Å². The first-order valence-electron chi connectivity index (χ1n) is 10.3. The first-order valence-corrected chi connectivity index (χ1v) is 10.3. The van der Waals surface area contributed by atoms with Crippen molar-refractivity contribution in [3.05, 3.63) is 23.7 Å². The summed E-state index contributed by atoms with van der Waals surface area (Å²) in [6.45, 7) is 29.5. The van der Waals surface area contributed by atoms with Gasteiger partial charge in [-0.15, -0.1) is 0 Å². The topological polar surface area (TPSA) is 25.6 Å². The van der Waals surface area contributed by atoms with E-state index in [1.807, 2.05) is 0 Å². The van der Waals surface area contributed by atoms with E-state index >= 15 is 0 Å². The van der Waals surface area contributed by atoms with Crippen LogP contribution in [0.15, 0.2) is 0 Å². The molecule has 0 unspecified atom stereocenters. The smallest absolute Gasteiger partial charge is 0.145 e. The van der Waals surface area contributed by atoms with Gasteiger partial charge in [-0.3, -0.25) is 0 Å². The fourth-order valence-corrected chi connectivity index (χ4v) is 1.12. The Morgan fingerprint density at radius 3 is 0.630 bits per heavy atom. The molecule has 0 radical (unpaired) electrons. The predicted molar refractivity (Wildman–Crippen MR) is 123 cm³/mol. The van der Waals surface area contributed by atoms with Crippen molar-refractivity contribution in [1.29, 1.82) is 0 Å². The number of hydrogen-bond donors (Lipinski definition) is 0. The number of hydrogen-bond acceptors (Lipinski definition) is 0. The van der Waals surface area contributed by atoms with Crippen molar-refractivity contribution in [3.8, 4) is 0 Å². The molecule has 2 nitrogen and oxygen atoms in total. The van der Waals surface area contributed by atoms with Crippen LogP contribution in [0.4, 0.5) is 0 Å². The van der Waals surface area contributed by atoms with Crippen LogP contribution in [0, 0.1) is 23.7 Å². The summed E-state index contributed by atoms with van der Waals surface area (Å²) >= 11 is 0. The average Bonchev–Trinajstić information content (AvgIpc) is 3.16. The molecule has 3 heteroatoms. The van der Waals surface area contributed by atoms with Gasteiger partial charge in [0.2, 0.25) is 0 Å². The third-order valence-electron chi connectivity index (χ3n) is 1.76. The molecule has 0 aliphatic carbocycles. The maximum Gasteiger partial charge on any atom is 0.145 e. The summed E-state index contributed by atoms with van der Waals surface area (Å²) < 4.78 is 8.17. The first-order chi connectivity index (χ1) is 11.9. The van der Waals surface area contributed by atoms with Gasteiger partial charge in [0.25, 0.3) is 0 Å². The second-order valence-corrected chi connectivity index (χ2v) is 8.76. The molecular formula is C24H54CrO2+2. The number of ether oxygens (including phenoxy) is 2. The fourth-order valence-electron chi connectivity index (χ4n) is 1.12. The Balaban J connectivity index is -0.0000000716. The molecule has 0 aromatic rings. The van der Waals surface area contributed by atoms with E-state index in [9.17, 15) is 0 Å². The maximum absolute atomic E-state index is 4.08. The van der Waals surface area contributed by atoms with E-state index in [-0.39, 0.29) is 17.4 Å². The Hall–Kier alpha value is 0.192. The second kappa shape index (κ2) is 33.8. The van der Waals surface area contributed by atoms with Crippen LogP contribution in [-0.2, 0) is 17.4 Å². The molecule has 2 aliphatic rings. The first kappa shape index (κ1) is 37.9. The Bertz CT molecular complexity index is 136. The molecule has 0 spiro atoms. The molecule has 166 valence electrons. The summed E-state index contributed by atoms with van der Waals surface area (Å²) in [5.41, 5.74) is 0. The molecule has 0 aromatic heterocycles. The molecule has 0 amide bonds. The van der Waals surface area contributed by atoms with Gasteiger partial charge in [0.05, 0.1) is 53.4 Å². The van der Waals surface area contributed by atoms with Crippen LogP contribution < -0.4 is 0 Å². The minimum atomic E-state index is 0. The standard InChI is InChI=1S/2C4H8O.4C4H9.Cr/c2*1-2-4-5-3-1;4*1-4(2)3;/h2*1-4H2;4*1-3H3;/q;;2*-1;2*+1;/p+2. The van der Waals surface area contributed by atoms with Gasteiger partial charge in [0.1, 0.15) is 26.4 Å². The van der Waals surface area contributed by atoms with Crippen molar-refractivity contribution in [2.45, 2.75) is 109 Å². The van der Waals surface area contributed by atoms with Crippen molar-refractivity contribution in [2.24, 2.45) is 0 Å². The van der Waals surface area contributed by atoms with Crippen LogP contribution >= 0.6 is 0 Å². The summed E-state index contributed by atoms with van der Waals surface area (Å²) in [5, 5.41) is 0. The fraction of sp³-hybridized carbons (Fsp3) is 0.833. The van der Waals surface area contributed by atoms with E-state index in [4.69, 9.17) is 0 Å². The van der Waals surface area contributed by atoms with Gasteiger partial charge in [0, 0.05) is 43.0 Å². The second-order valence-electron chi connectivity index (χ2n) is 8.76. The molecular weight excluding hydrogens is 372 g/mol. The van der Waals surface area contributed by atoms with Crippen LogP contribution in [0.3, 0.4) is 0 Å². The van der Waals surface area contributed by atoms with E-state index < -0.39 is 0 Å². The number of aliphatic hydroxyl groups is 4. The van der Waals surface area contributed by atoms with Crippen molar-refractivity contribution in [3.63, 3.8) is 0 Å². The largest absolute Gasteiger partial charge is 0.434 e. The van der Waals surface area contributed by atoms with Gasteiger partial charge < -0.3 is 21.3 Å². The van der Waals surface area contributed by atoms with Crippen molar-refractivity contribution in [1.82, 2.24) is 0 Å². The summed E-state index contributed by atoms with van der Waals surface area (Å²) in [6, 6.07) is 0. The Morgan fingerprint density at radius 2 is 0.593 bits per heavy atom. The Morgan fingerprint density at radius 1 is 0.481 bits per heavy atom. The van der Waals surface area contributed by atoms with Gasteiger partial charge >= 0.3 is 0 Å². The van der Waals surface area contributed by atoms with E-state index in [1.54, 1.807) is 0 Å². The molecule has 0 saturated carbocycles. The molecule has 0 bridgehead atoms. The minimum absolute atomic E-state index is 0. The quantitative estimate of drug-likeness (QED) is 0.292. The Kier molecular flexibility index (Phi) is 47.4. The van der Waals surface area contributed by atoms with E-state index in [1.165, 1.54) is 49.4 Å². The van der Waals surface area contributed by atoms with Crippen LogP contribution in [0.5, 0.6) is 0 Å².